The number of esters is 1. The van der Waals surface area contributed by atoms with Gasteiger partial charge in [-0.2, -0.15) is 5.26 Å². The first-order chi connectivity index (χ1) is 13.6. The molecule has 0 radical (unpaired) electrons. The highest BCUT2D eigenvalue weighted by Crippen LogP contribution is 2.20. The zero-order valence-corrected chi connectivity index (χ0v) is 14.8. The number of aromatic nitrogens is 2. The summed E-state index contributed by atoms with van der Waals surface area (Å²) in [6, 6.07) is 15.4. The second-order valence-corrected chi connectivity index (χ2v) is 5.60. The topological polar surface area (TPSA) is 117 Å². The second-order valence-electron chi connectivity index (χ2n) is 5.60. The van der Waals surface area contributed by atoms with Crippen molar-refractivity contribution >= 4 is 29.1 Å². The number of ether oxygens (including phenoxy) is 1. The van der Waals surface area contributed by atoms with Crippen LogP contribution in [0.1, 0.15) is 26.4 Å². The third-order valence-corrected chi connectivity index (χ3v) is 3.73. The van der Waals surface area contributed by atoms with E-state index in [9.17, 15) is 9.59 Å². The van der Waals surface area contributed by atoms with Gasteiger partial charge in [0.2, 0.25) is 0 Å². The smallest absolute Gasteiger partial charge is 0.339 e. The lowest BCUT2D eigenvalue weighted by Gasteiger charge is -2.10. The summed E-state index contributed by atoms with van der Waals surface area (Å²) in [6.07, 6.45) is 2.70. The fraction of sp³-hybridized carbons (Fsp3) is 0.0500. The summed E-state index contributed by atoms with van der Waals surface area (Å²) < 4.78 is 4.75. The molecule has 2 aromatic carbocycles. The monoisotopic (exact) mass is 373 g/mol. The Bertz CT molecular complexity index is 1060. The predicted molar refractivity (Wildman–Crippen MR) is 102 cm³/mol. The highest BCUT2D eigenvalue weighted by Gasteiger charge is 2.13. The van der Waals surface area contributed by atoms with Gasteiger partial charge in [-0.05, 0) is 30.3 Å². The van der Waals surface area contributed by atoms with Crippen LogP contribution in [0.3, 0.4) is 0 Å². The maximum absolute atomic E-state index is 12.3. The molecule has 1 heterocycles. The van der Waals surface area contributed by atoms with Crippen LogP contribution in [0.2, 0.25) is 0 Å². The Kier molecular flexibility index (Phi) is 5.58. The van der Waals surface area contributed by atoms with Crippen molar-refractivity contribution in [1.29, 1.82) is 5.26 Å². The lowest BCUT2D eigenvalue weighted by Crippen LogP contribution is -2.14. The van der Waals surface area contributed by atoms with Gasteiger partial charge in [-0.25, -0.2) is 14.8 Å². The van der Waals surface area contributed by atoms with Crippen LogP contribution in [0.15, 0.2) is 60.9 Å². The van der Waals surface area contributed by atoms with E-state index in [-0.39, 0.29) is 5.69 Å². The average molecular weight is 373 g/mol. The Morgan fingerprint density at radius 1 is 1.07 bits per heavy atom. The summed E-state index contributed by atoms with van der Waals surface area (Å²) in [5.41, 5.74) is 1.89. The predicted octanol–water partition coefficient (Wildman–Crippen LogP) is 3.13. The van der Waals surface area contributed by atoms with Crippen LogP contribution in [0, 0.1) is 11.3 Å². The maximum atomic E-state index is 12.3. The van der Waals surface area contributed by atoms with E-state index in [4.69, 9.17) is 10.00 Å². The SMILES string of the molecule is COC(=O)c1ccccc1Nc1cnc(C(=O)Nc2cccc(C#N)c2)cn1. The van der Waals surface area contributed by atoms with E-state index in [1.165, 1.54) is 19.5 Å². The maximum Gasteiger partial charge on any atom is 0.339 e. The van der Waals surface area contributed by atoms with E-state index in [2.05, 4.69) is 20.6 Å². The lowest BCUT2D eigenvalue weighted by atomic mass is 10.2. The van der Waals surface area contributed by atoms with Crippen molar-refractivity contribution in [3.63, 3.8) is 0 Å². The molecule has 3 rings (SSSR count). The summed E-state index contributed by atoms with van der Waals surface area (Å²) in [5, 5.41) is 14.5. The number of amides is 1. The molecule has 0 aliphatic carbocycles. The normalized spacial score (nSPS) is 9.86. The van der Waals surface area contributed by atoms with Gasteiger partial charge in [0.1, 0.15) is 11.5 Å². The standard InChI is InChI=1S/C20H15N5O3/c1-28-20(27)15-7-2-3-8-16(15)25-18-12-22-17(11-23-18)19(26)24-14-6-4-5-13(9-14)10-21/h2-9,11-12H,1H3,(H,23,25)(H,24,26). The molecule has 0 fully saturated rings. The number of nitrogens with one attached hydrogen (secondary N) is 2. The Morgan fingerprint density at radius 2 is 1.89 bits per heavy atom. The Balaban J connectivity index is 1.73. The molecular weight excluding hydrogens is 358 g/mol. The largest absolute Gasteiger partial charge is 0.465 e. The molecule has 2 N–H and O–H groups in total. The van der Waals surface area contributed by atoms with Crippen molar-refractivity contribution in [3.8, 4) is 6.07 Å². The van der Waals surface area contributed by atoms with Gasteiger partial charge in [-0.15, -0.1) is 0 Å². The fourth-order valence-corrected chi connectivity index (χ4v) is 2.39. The first-order valence-corrected chi connectivity index (χ1v) is 8.18. The number of para-hydroxylation sites is 1. The van der Waals surface area contributed by atoms with Gasteiger partial charge in [0.25, 0.3) is 5.91 Å². The number of nitrogens with zero attached hydrogens (tertiary/aromatic N) is 3. The number of anilines is 3. The zero-order valence-electron chi connectivity index (χ0n) is 14.8. The highest BCUT2D eigenvalue weighted by molar-refractivity contribution is 6.02. The molecule has 0 saturated heterocycles. The number of hydrogen-bond acceptors (Lipinski definition) is 7. The molecule has 0 saturated carbocycles. The van der Waals surface area contributed by atoms with E-state index in [0.29, 0.717) is 28.3 Å². The van der Waals surface area contributed by atoms with Gasteiger partial charge in [-0.1, -0.05) is 18.2 Å². The number of methoxy groups -OCH3 is 1. The molecular formula is C20H15N5O3. The molecule has 8 heteroatoms. The Morgan fingerprint density at radius 3 is 2.61 bits per heavy atom. The molecule has 0 aliphatic heterocycles. The number of benzene rings is 2. The lowest BCUT2D eigenvalue weighted by molar-refractivity contribution is 0.0601. The molecule has 1 aromatic heterocycles. The average Bonchev–Trinajstić information content (AvgIpc) is 2.74. The van der Waals surface area contributed by atoms with Crippen LogP contribution in [0.25, 0.3) is 0 Å². The minimum atomic E-state index is -0.480. The van der Waals surface area contributed by atoms with Crippen molar-refractivity contribution in [2.24, 2.45) is 0 Å². The molecule has 1 amide bonds. The van der Waals surface area contributed by atoms with Crippen molar-refractivity contribution in [2.75, 3.05) is 17.7 Å². The third-order valence-electron chi connectivity index (χ3n) is 3.73. The van der Waals surface area contributed by atoms with Crippen molar-refractivity contribution in [1.82, 2.24) is 9.97 Å². The van der Waals surface area contributed by atoms with Crippen LogP contribution >= 0.6 is 0 Å². The second kappa shape index (κ2) is 8.42. The molecule has 8 nitrogen and oxygen atoms in total. The third kappa shape index (κ3) is 4.28. The van der Waals surface area contributed by atoms with E-state index in [0.717, 1.165) is 0 Å². The minimum Gasteiger partial charge on any atom is -0.465 e. The Hall–Kier alpha value is -4.25. The molecule has 0 spiro atoms. The fourth-order valence-electron chi connectivity index (χ4n) is 2.39. The summed E-state index contributed by atoms with van der Waals surface area (Å²) >= 11 is 0. The molecule has 0 unspecified atom stereocenters. The van der Waals surface area contributed by atoms with Crippen LogP contribution < -0.4 is 10.6 Å². The summed E-state index contributed by atoms with van der Waals surface area (Å²) in [5.74, 6) is -0.574. The van der Waals surface area contributed by atoms with E-state index in [1.807, 2.05) is 6.07 Å². The van der Waals surface area contributed by atoms with Gasteiger partial charge in [-0.3, -0.25) is 4.79 Å². The summed E-state index contributed by atoms with van der Waals surface area (Å²) in [6.45, 7) is 0. The number of carbonyl (C=O) groups excluding carboxylic acids is 2. The number of carbonyl (C=O) groups is 2. The number of hydrogen-bond donors (Lipinski definition) is 2. The van der Waals surface area contributed by atoms with Gasteiger partial charge in [0.15, 0.2) is 0 Å². The zero-order chi connectivity index (χ0) is 19.9. The van der Waals surface area contributed by atoms with Crippen molar-refractivity contribution < 1.29 is 14.3 Å². The summed E-state index contributed by atoms with van der Waals surface area (Å²) in [7, 11) is 1.30. The van der Waals surface area contributed by atoms with Gasteiger partial charge < -0.3 is 15.4 Å². The summed E-state index contributed by atoms with van der Waals surface area (Å²) in [4.78, 5) is 32.4. The van der Waals surface area contributed by atoms with Crippen LogP contribution in [-0.4, -0.2) is 29.0 Å². The minimum absolute atomic E-state index is 0.106. The number of nitriles is 1. The van der Waals surface area contributed by atoms with E-state index in [1.54, 1.807) is 48.5 Å². The van der Waals surface area contributed by atoms with Crippen LogP contribution in [0.4, 0.5) is 17.2 Å². The highest BCUT2D eigenvalue weighted by atomic mass is 16.5. The quantitative estimate of drug-likeness (QED) is 0.660. The van der Waals surface area contributed by atoms with Crippen LogP contribution in [0.5, 0.6) is 0 Å². The van der Waals surface area contributed by atoms with Gasteiger partial charge >= 0.3 is 5.97 Å². The molecule has 138 valence electrons. The molecule has 0 atom stereocenters. The first-order valence-electron chi connectivity index (χ1n) is 8.18. The van der Waals surface area contributed by atoms with Crippen LogP contribution in [-0.2, 0) is 4.74 Å². The van der Waals surface area contributed by atoms with E-state index >= 15 is 0 Å². The molecule has 28 heavy (non-hydrogen) atoms. The molecule has 3 aromatic rings. The molecule has 0 aliphatic rings. The number of rotatable bonds is 5. The van der Waals surface area contributed by atoms with Gasteiger partial charge in [0.05, 0.1) is 42.4 Å². The van der Waals surface area contributed by atoms with Crippen molar-refractivity contribution in [2.45, 2.75) is 0 Å². The first kappa shape index (κ1) is 18.5. The van der Waals surface area contributed by atoms with E-state index < -0.39 is 11.9 Å². The Labute approximate surface area is 160 Å². The van der Waals surface area contributed by atoms with Crippen molar-refractivity contribution in [3.05, 3.63) is 77.7 Å². The van der Waals surface area contributed by atoms with Gasteiger partial charge in [0, 0.05) is 5.69 Å². The molecule has 0 bridgehead atoms.